The number of ether oxygens (including phenoxy) is 1. The molecule has 142 valence electrons. The molecule has 0 saturated carbocycles. The van der Waals surface area contributed by atoms with E-state index in [4.69, 9.17) is 4.74 Å². The van der Waals surface area contributed by atoms with Gasteiger partial charge in [0.1, 0.15) is 5.75 Å². The molecule has 2 aromatic rings. The van der Waals surface area contributed by atoms with Crippen molar-refractivity contribution in [2.75, 3.05) is 18.1 Å². The first-order chi connectivity index (χ1) is 12.9. The smallest absolute Gasteiger partial charge is 0.258 e. The van der Waals surface area contributed by atoms with Crippen molar-refractivity contribution in [2.45, 2.75) is 39.2 Å². The summed E-state index contributed by atoms with van der Waals surface area (Å²) in [6.45, 7) is 6.69. The Kier molecular flexibility index (Phi) is 5.79. The molecule has 0 spiro atoms. The molecule has 1 heterocycles. The zero-order valence-electron chi connectivity index (χ0n) is 16.1. The van der Waals surface area contributed by atoms with Crippen LogP contribution in [0.1, 0.15) is 37.3 Å². The molecule has 0 aliphatic carbocycles. The van der Waals surface area contributed by atoms with Gasteiger partial charge in [-0.2, -0.15) is 0 Å². The van der Waals surface area contributed by atoms with Gasteiger partial charge < -0.3 is 15.0 Å². The molecule has 1 aliphatic rings. The summed E-state index contributed by atoms with van der Waals surface area (Å²) in [4.78, 5) is 26.2. The van der Waals surface area contributed by atoms with Crippen molar-refractivity contribution >= 4 is 17.5 Å². The largest absolute Gasteiger partial charge is 0.484 e. The van der Waals surface area contributed by atoms with E-state index in [1.54, 1.807) is 4.90 Å². The molecule has 2 amide bonds. The van der Waals surface area contributed by atoms with Crippen LogP contribution in [0.4, 0.5) is 5.69 Å². The van der Waals surface area contributed by atoms with E-state index in [9.17, 15) is 9.59 Å². The average Bonchev–Trinajstić information content (AvgIpc) is 3.01. The molecule has 0 aromatic heterocycles. The number of nitrogens with zero attached hydrogens (tertiary/aromatic N) is 1. The fourth-order valence-electron chi connectivity index (χ4n) is 3.15. The van der Waals surface area contributed by atoms with Crippen LogP contribution < -0.4 is 15.0 Å². The summed E-state index contributed by atoms with van der Waals surface area (Å²) in [5, 5.41) is 2.89. The van der Waals surface area contributed by atoms with E-state index in [1.165, 1.54) is 5.56 Å². The Morgan fingerprint density at radius 3 is 2.44 bits per heavy atom. The van der Waals surface area contributed by atoms with E-state index in [0.717, 1.165) is 11.3 Å². The Labute approximate surface area is 160 Å². The molecule has 1 saturated heterocycles. The lowest BCUT2D eigenvalue weighted by Crippen LogP contribution is -2.39. The molecular weight excluding hydrogens is 340 g/mol. The summed E-state index contributed by atoms with van der Waals surface area (Å²) in [6.07, 6.45) is 0.308. The van der Waals surface area contributed by atoms with E-state index in [1.807, 2.05) is 55.5 Å². The highest BCUT2D eigenvalue weighted by Crippen LogP contribution is 2.22. The second-order valence-electron chi connectivity index (χ2n) is 7.32. The standard InChI is InChI=1S/C22H26N2O3/c1-15(2)17-6-10-20(11-7-17)27-14-21(25)23-18-12-22(26)24(13-18)19-8-4-16(3)5-9-19/h4-11,15,18H,12-14H2,1-3H3,(H,23,25). The van der Waals surface area contributed by atoms with Gasteiger partial charge in [-0.15, -0.1) is 0 Å². The first-order valence-corrected chi connectivity index (χ1v) is 9.31. The van der Waals surface area contributed by atoms with Gasteiger partial charge in [0, 0.05) is 18.7 Å². The van der Waals surface area contributed by atoms with Crippen molar-refractivity contribution in [3.05, 3.63) is 59.7 Å². The van der Waals surface area contributed by atoms with Crippen LogP contribution in [0.2, 0.25) is 0 Å². The van der Waals surface area contributed by atoms with Crippen molar-refractivity contribution in [2.24, 2.45) is 0 Å². The molecule has 0 radical (unpaired) electrons. The van der Waals surface area contributed by atoms with Gasteiger partial charge in [-0.05, 0) is 42.7 Å². The first-order valence-electron chi connectivity index (χ1n) is 9.31. The van der Waals surface area contributed by atoms with E-state index in [2.05, 4.69) is 19.2 Å². The minimum absolute atomic E-state index is 0.0225. The third-order valence-corrected chi connectivity index (χ3v) is 4.75. The molecule has 5 heteroatoms. The number of carbonyl (C=O) groups is 2. The van der Waals surface area contributed by atoms with Gasteiger partial charge >= 0.3 is 0 Å². The zero-order valence-corrected chi connectivity index (χ0v) is 16.1. The number of hydrogen-bond donors (Lipinski definition) is 1. The number of hydrogen-bond acceptors (Lipinski definition) is 3. The molecule has 1 fully saturated rings. The molecule has 0 bridgehead atoms. The van der Waals surface area contributed by atoms with Crippen LogP contribution >= 0.6 is 0 Å². The summed E-state index contributed by atoms with van der Waals surface area (Å²) in [5.41, 5.74) is 3.24. The summed E-state index contributed by atoms with van der Waals surface area (Å²) in [7, 11) is 0. The number of anilines is 1. The van der Waals surface area contributed by atoms with Gasteiger partial charge in [-0.1, -0.05) is 43.7 Å². The SMILES string of the molecule is Cc1ccc(N2CC(NC(=O)COc3ccc(C(C)C)cc3)CC2=O)cc1. The number of aryl methyl sites for hydroxylation is 1. The predicted octanol–water partition coefficient (Wildman–Crippen LogP) is 3.42. The molecule has 3 rings (SSSR count). The van der Waals surface area contributed by atoms with Crippen molar-refractivity contribution in [1.82, 2.24) is 5.32 Å². The second kappa shape index (κ2) is 8.25. The highest BCUT2D eigenvalue weighted by molar-refractivity contribution is 5.96. The van der Waals surface area contributed by atoms with Crippen LogP contribution in [0.15, 0.2) is 48.5 Å². The second-order valence-corrected chi connectivity index (χ2v) is 7.32. The van der Waals surface area contributed by atoms with Gasteiger partial charge in [-0.3, -0.25) is 9.59 Å². The maximum absolute atomic E-state index is 12.3. The predicted molar refractivity (Wildman–Crippen MR) is 106 cm³/mol. The third-order valence-electron chi connectivity index (χ3n) is 4.75. The zero-order chi connectivity index (χ0) is 19.4. The summed E-state index contributed by atoms with van der Waals surface area (Å²) in [6, 6.07) is 15.4. The minimum Gasteiger partial charge on any atom is -0.484 e. The lowest BCUT2D eigenvalue weighted by molar-refractivity contribution is -0.123. The highest BCUT2D eigenvalue weighted by atomic mass is 16.5. The maximum Gasteiger partial charge on any atom is 0.258 e. The molecule has 1 aliphatic heterocycles. The number of rotatable bonds is 6. The van der Waals surface area contributed by atoms with Gasteiger partial charge in [0.15, 0.2) is 6.61 Å². The van der Waals surface area contributed by atoms with Gasteiger partial charge in [0.25, 0.3) is 5.91 Å². The van der Waals surface area contributed by atoms with E-state index in [0.29, 0.717) is 24.6 Å². The summed E-state index contributed by atoms with van der Waals surface area (Å²) < 4.78 is 5.55. The Bertz CT molecular complexity index is 797. The number of benzene rings is 2. The van der Waals surface area contributed by atoms with E-state index >= 15 is 0 Å². The van der Waals surface area contributed by atoms with Crippen LogP contribution in [0.5, 0.6) is 5.75 Å². The maximum atomic E-state index is 12.3. The Hall–Kier alpha value is -2.82. The monoisotopic (exact) mass is 366 g/mol. The number of amides is 2. The summed E-state index contributed by atoms with van der Waals surface area (Å²) >= 11 is 0. The van der Waals surface area contributed by atoms with Crippen molar-refractivity contribution in [3.63, 3.8) is 0 Å². The Morgan fingerprint density at radius 2 is 1.81 bits per heavy atom. The molecule has 5 nitrogen and oxygen atoms in total. The normalized spacial score (nSPS) is 16.7. The number of carbonyl (C=O) groups excluding carboxylic acids is 2. The lowest BCUT2D eigenvalue weighted by Gasteiger charge is -2.17. The first kappa shape index (κ1) is 19.0. The topological polar surface area (TPSA) is 58.6 Å². The Morgan fingerprint density at radius 1 is 1.15 bits per heavy atom. The van der Waals surface area contributed by atoms with Crippen LogP contribution in [-0.2, 0) is 9.59 Å². The fourth-order valence-corrected chi connectivity index (χ4v) is 3.15. The van der Waals surface area contributed by atoms with Crippen molar-refractivity contribution in [3.8, 4) is 5.75 Å². The molecular formula is C22H26N2O3. The van der Waals surface area contributed by atoms with Crippen LogP contribution in [0.3, 0.4) is 0 Å². The van der Waals surface area contributed by atoms with Crippen LogP contribution in [0, 0.1) is 6.92 Å². The molecule has 1 unspecified atom stereocenters. The van der Waals surface area contributed by atoms with Gasteiger partial charge in [0.05, 0.1) is 6.04 Å². The Balaban J connectivity index is 1.49. The molecule has 1 N–H and O–H groups in total. The quantitative estimate of drug-likeness (QED) is 0.852. The molecule has 2 aromatic carbocycles. The van der Waals surface area contributed by atoms with Crippen LogP contribution in [-0.4, -0.2) is 31.0 Å². The molecule has 1 atom stereocenters. The number of nitrogens with one attached hydrogen (secondary N) is 1. The summed E-state index contributed by atoms with van der Waals surface area (Å²) in [5.74, 6) is 0.929. The van der Waals surface area contributed by atoms with Crippen molar-refractivity contribution < 1.29 is 14.3 Å². The van der Waals surface area contributed by atoms with Crippen LogP contribution in [0.25, 0.3) is 0 Å². The fraction of sp³-hybridized carbons (Fsp3) is 0.364. The minimum atomic E-state index is -0.216. The lowest BCUT2D eigenvalue weighted by atomic mass is 10.0. The molecule has 27 heavy (non-hydrogen) atoms. The average molecular weight is 366 g/mol. The van der Waals surface area contributed by atoms with Gasteiger partial charge in [-0.25, -0.2) is 0 Å². The highest BCUT2D eigenvalue weighted by Gasteiger charge is 2.31. The van der Waals surface area contributed by atoms with E-state index < -0.39 is 0 Å². The van der Waals surface area contributed by atoms with Crippen molar-refractivity contribution in [1.29, 1.82) is 0 Å². The third kappa shape index (κ3) is 4.88. The van der Waals surface area contributed by atoms with E-state index in [-0.39, 0.29) is 24.5 Å². The van der Waals surface area contributed by atoms with Gasteiger partial charge in [0.2, 0.25) is 5.91 Å².